The van der Waals surface area contributed by atoms with Gasteiger partial charge in [-0.05, 0) is 38.9 Å². The van der Waals surface area contributed by atoms with Crippen LogP contribution >= 0.6 is 22.9 Å². The smallest absolute Gasteiger partial charge is 0.192 e. The van der Waals surface area contributed by atoms with Gasteiger partial charge in [0.1, 0.15) is 4.21 Å². The lowest BCUT2D eigenvalue weighted by atomic mass is 10.1. The molecule has 0 saturated carbocycles. The van der Waals surface area contributed by atoms with E-state index >= 15 is 0 Å². The van der Waals surface area contributed by atoms with Gasteiger partial charge in [-0.15, -0.1) is 11.3 Å². The maximum Gasteiger partial charge on any atom is 0.192 e. The van der Waals surface area contributed by atoms with Gasteiger partial charge in [0, 0.05) is 0 Å². The van der Waals surface area contributed by atoms with Crippen molar-refractivity contribution < 1.29 is 8.42 Å². The van der Waals surface area contributed by atoms with Crippen molar-refractivity contribution in [1.82, 2.24) is 0 Å². The molecule has 0 aliphatic carbocycles. The predicted octanol–water partition coefficient (Wildman–Crippen LogP) is 2.30. The molecule has 1 aromatic heterocycles. The van der Waals surface area contributed by atoms with Crippen LogP contribution in [0.4, 0.5) is 0 Å². The fraction of sp³-hybridized carbons (Fsp3) is 0.556. The normalized spacial score (nSPS) is 13.1. The van der Waals surface area contributed by atoms with Crippen LogP contribution in [-0.4, -0.2) is 19.7 Å². The summed E-state index contributed by atoms with van der Waals surface area (Å²) in [5.41, 5.74) is 5.41. The Kier molecular flexibility index (Phi) is 3.81. The summed E-state index contributed by atoms with van der Waals surface area (Å²) in [7, 11) is -3.33. The van der Waals surface area contributed by atoms with E-state index in [1.54, 1.807) is 26.0 Å². The minimum atomic E-state index is -3.33. The first kappa shape index (κ1) is 13.0. The van der Waals surface area contributed by atoms with Crippen LogP contribution in [-0.2, 0) is 9.84 Å². The van der Waals surface area contributed by atoms with Crippen LogP contribution < -0.4 is 5.73 Å². The van der Waals surface area contributed by atoms with E-state index in [4.69, 9.17) is 17.3 Å². The molecule has 1 rings (SSSR count). The maximum atomic E-state index is 12.2. The van der Waals surface area contributed by atoms with E-state index in [1.165, 1.54) is 0 Å². The molecule has 6 heteroatoms. The monoisotopic (exact) mass is 267 g/mol. The number of sulfone groups is 1. The Labute approximate surface area is 99.2 Å². The average Bonchev–Trinajstić information content (AvgIpc) is 2.51. The number of rotatable bonds is 4. The molecule has 0 aliphatic rings. The number of hydrogen-bond donors (Lipinski definition) is 1. The molecule has 0 unspecified atom stereocenters. The van der Waals surface area contributed by atoms with Gasteiger partial charge >= 0.3 is 0 Å². The zero-order chi connectivity index (χ0) is 11.7. The second-order valence-corrected chi connectivity index (χ2v) is 8.39. The van der Waals surface area contributed by atoms with Crippen molar-refractivity contribution >= 4 is 32.8 Å². The molecule has 0 fully saturated rings. The van der Waals surface area contributed by atoms with Crippen LogP contribution in [0, 0.1) is 0 Å². The van der Waals surface area contributed by atoms with Crippen molar-refractivity contribution in [3.63, 3.8) is 0 Å². The molecule has 0 atom stereocenters. The summed E-state index contributed by atoms with van der Waals surface area (Å²) >= 11 is 6.81. The van der Waals surface area contributed by atoms with Crippen molar-refractivity contribution in [3.8, 4) is 0 Å². The summed E-state index contributed by atoms with van der Waals surface area (Å²) < 4.78 is 24.3. The van der Waals surface area contributed by atoms with Crippen molar-refractivity contribution in [2.75, 3.05) is 6.54 Å². The van der Waals surface area contributed by atoms with Crippen molar-refractivity contribution in [3.05, 3.63) is 16.5 Å². The van der Waals surface area contributed by atoms with Gasteiger partial charge in [-0.1, -0.05) is 11.6 Å². The highest BCUT2D eigenvalue weighted by molar-refractivity contribution is 7.94. The van der Waals surface area contributed by atoms with Crippen LogP contribution in [0.2, 0.25) is 4.34 Å². The fourth-order valence-corrected chi connectivity index (χ4v) is 4.67. The molecule has 1 heterocycles. The maximum absolute atomic E-state index is 12.2. The second-order valence-electron chi connectivity index (χ2n) is 3.86. The van der Waals surface area contributed by atoms with E-state index in [1.807, 2.05) is 0 Å². The van der Waals surface area contributed by atoms with Gasteiger partial charge in [0.2, 0.25) is 0 Å². The van der Waals surface area contributed by atoms with Gasteiger partial charge in [-0.2, -0.15) is 0 Å². The molecule has 3 nitrogen and oxygen atoms in total. The highest BCUT2D eigenvalue weighted by Crippen LogP contribution is 2.34. The SMILES string of the molecule is CC(C)(CCN)S(=O)(=O)c1ccc(Cl)s1. The van der Waals surface area contributed by atoms with Gasteiger partial charge in [0.05, 0.1) is 9.08 Å². The summed E-state index contributed by atoms with van der Waals surface area (Å²) in [5, 5.41) is 0. The lowest BCUT2D eigenvalue weighted by Crippen LogP contribution is -2.33. The minimum absolute atomic E-state index is 0.311. The summed E-state index contributed by atoms with van der Waals surface area (Å²) in [6, 6.07) is 3.14. The molecule has 1 aromatic rings. The summed E-state index contributed by atoms with van der Waals surface area (Å²) in [5.74, 6) is 0. The Hall–Kier alpha value is -0.100. The molecule has 0 bridgehead atoms. The van der Waals surface area contributed by atoms with E-state index in [2.05, 4.69) is 0 Å². The van der Waals surface area contributed by atoms with E-state index in [0.29, 0.717) is 21.5 Å². The third kappa shape index (κ3) is 2.53. The number of nitrogens with two attached hydrogens (primary N) is 1. The molecule has 15 heavy (non-hydrogen) atoms. The zero-order valence-corrected chi connectivity index (χ0v) is 11.0. The summed E-state index contributed by atoms with van der Waals surface area (Å²) in [6.45, 7) is 3.72. The Morgan fingerprint density at radius 2 is 2.07 bits per heavy atom. The Morgan fingerprint density at radius 3 is 2.47 bits per heavy atom. The molecule has 0 saturated heterocycles. The largest absolute Gasteiger partial charge is 0.330 e. The fourth-order valence-electron chi connectivity index (χ4n) is 1.20. The average molecular weight is 268 g/mol. The van der Waals surface area contributed by atoms with E-state index in [-0.39, 0.29) is 0 Å². The van der Waals surface area contributed by atoms with Crippen molar-refractivity contribution in [2.45, 2.75) is 29.2 Å². The Balaban J connectivity index is 3.13. The van der Waals surface area contributed by atoms with Crippen molar-refractivity contribution in [1.29, 1.82) is 0 Å². The Bertz CT molecular complexity index is 437. The standard InChI is InChI=1S/C9H14ClNO2S2/c1-9(2,5-6-11)15(12,13)8-4-3-7(10)14-8/h3-4H,5-6,11H2,1-2H3. The van der Waals surface area contributed by atoms with Crippen LogP contribution in [0.1, 0.15) is 20.3 Å². The van der Waals surface area contributed by atoms with Gasteiger partial charge in [0.25, 0.3) is 0 Å². The first-order valence-corrected chi connectivity index (χ1v) is 7.19. The molecular formula is C9H14ClNO2S2. The van der Waals surface area contributed by atoms with E-state index in [0.717, 1.165) is 11.3 Å². The van der Waals surface area contributed by atoms with Gasteiger partial charge < -0.3 is 5.73 Å². The third-order valence-corrected chi connectivity index (χ3v) is 6.55. The highest BCUT2D eigenvalue weighted by Gasteiger charge is 2.35. The van der Waals surface area contributed by atoms with Gasteiger partial charge in [-0.3, -0.25) is 0 Å². The number of thiophene rings is 1. The topological polar surface area (TPSA) is 60.2 Å². The quantitative estimate of drug-likeness (QED) is 0.911. The lowest BCUT2D eigenvalue weighted by Gasteiger charge is -2.22. The third-order valence-electron chi connectivity index (χ3n) is 2.29. The first-order valence-electron chi connectivity index (χ1n) is 4.51. The van der Waals surface area contributed by atoms with Gasteiger partial charge in [-0.25, -0.2) is 8.42 Å². The van der Waals surface area contributed by atoms with Crippen LogP contribution in [0.3, 0.4) is 0 Å². The molecule has 0 aliphatic heterocycles. The molecule has 0 spiro atoms. The number of halogens is 1. The first-order chi connectivity index (χ1) is 6.81. The van der Waals surface area contributed by atoms with Crippen LogP contribution in [0.15, 0.2) is 16.3 Å². The van der Waals surface area contributed by atoms with Crippen LogP contribution in [0.5, 0.6) is 0 Å². The van der Waals surface area contributed by atoms with Gasteiger partial charge in [0.15, 0.2) is 9.84 Å². The zero-order valence-electron chi connectivity index (χ0n) is 8.66. The Morgan fingerprint density at radius 1 is 1.47 bits per heavy atom. The molecule has 0 amide bonds. The van der Waals surface area contributed by atoms with Crippen molar-refractivity contribution in [2.24, 2.45) is 5.73 Å². The molecule has 86 valence electrons. The molecular weight excluding hydrogens is 254 g/mol. The lowest BCUT2D eigenvalue weighted by molar-refractivity contribution is 0.532. The van der Waals surface area contributed by atoms with E-state index < -0.39 is 14.6 Å². The molecule has 0 radical (unpaired) electrons. The summed E-state index contributed by atoms with van der Waals surface area (Å²) in [4.78, 5) is 0. The number of hydrogen-bond acceptors (Lipinski definition) is 4. The minimum Gasteiger partial charge on any atom is -0.330 e. The predicted molar refractivity (Wildman–Crippen MR) is 64.3 cm³/mol. The summed E-state index contributed by atoms with van der Waals surface area (Å²) in [6.07, 6.45) is 0.435. The second kappa shape index (κ2) is 4.41. The molecule has 2 N–H and O–H groups in total. The molecule has 0 aromatic carbocycles. The highest BCUT2D eigenvalue weighted by atomic mass is 35.5. The van der Waals surface area contributed by atoms with Crippen LogP contribution in [0.25, 0.3) is 0 Å². The van der Waals surface area contributed by atoms with E-state index in [9.17, 15) is 8.42 Å².